The largest absolute Gasteiger partial charge is 0.501 e. The summed E-state index contributed by atoms with van der Waals surface area (Å²) in [5, 5.41) is 0. The number of halogens is 3. The minimum atomic E-state index is -5.23. The first kappa shape index (κ1) is 19.3. The second-order valence-electron chi connectivity index (χ2n) is 2.76. The molecule has 0 saturated carbocycles. The van der Waals surface area contributed by atoms with E-state index in [1.54, 1.807) is 6.92 Å². The molecule has 106 valence electrons. The van der Waals surface area contributed by atoms with Gasteiger partial charge in [-0.1, -0.05) is 45.4 Å². The smallest absolute Gasteiger partial charge is 0.214 e. The van der Waals surface area contributed by atoms with E-state index >= 15 is 0 Å². The van der Waals surface area contributed by atoms with Crippen LogP contribution < -0.4 is 0 Å². The highest BCUT2D eigenvalue weighted by Gasteiger charge is 2.46. The molecule has 0 atom stereocenters. The summed E-state index contributed by atoms with van der Waals surface area (Å²) in [5.41, 5.74) is -4.53. The summed E-state index contributed by atoms with van der Waals surface area (Å²) in [6.07, 6.45) is 0. The zero-order chi connectivity index (χ0) is 15.0. The zero-order valence-electron chi connectivity index (χ0n) is 11.2. The van der Waals surface area contributed by atoms with Crippen LogP contribution >= 0.6 is 0 Å². The minimum Gasteiger partial charge on any atom is -0.214 e. The molecule has 0 radical (unpaired) electrons. The maximum absolute atomic E-state index is 12.0. The number of hydrogen-bond acceptors (Lipinski definition) is 2. The highest BCUT2D eigenvalue weighted by Crippen LogP contribution is 2.29. The van der Waals surface area contributed by atoms with E-state index in [2.05, 4.69) is 0 Å². The SMILES string of the molecule is CC.CC.Cc1ccc(S(=O)(=O)C(F)(F)F)cc1. The summed E-state index contributed by atoms with van der Waals surface area (Å²) in [7, 11) is -5.19. The minimum absolute atomic E-state index is 0.700. The molecule has 0 amide bonds. The molecule has 18 heavy (non-hydrogen) atoms. The van der Waals surface area contributed by atoms with Crippen LogP contribution in [0.3, 0.4) is 0 Å². The van der Waals surface area contributed by atoms with Gasteiger partial charge in [0.2, 0.25) is 0 Å². The van der Waals surface area contributed by atoms with E-state index in [1.165, 1.54) is 12.1 Å². The molecule has 6 heteroatoms. The van der Waals surface area contributed by atoms with E-state index in [9.17, 15) is 21.6 Å². The third kappa shape index (κ3) is 5.08. The molecule has 0 aliphatic heterocycles. The lowest BCUT2D eigenvalue weighted by Crippen LogP contribution is -2.23. The Kier molecular flexibility index (Phi) is 8.72. The molecular formula is C12H19F3O2S. The monoisotopic (exact) mass is 284 g/mol. The molecule has 0 aromatic heterocycles. The lowest BCUT2D eigenvalue weighted by Gasteiger charge is -2.07. The van der Waals surface area contributed by atoms with Crippen LogP contribution in [0.4, 0.5) is 13.2 Å². The molecule has 0 N–H and O–H groups in total. The van der Waals surface area contributed by atoms with Gasteiger partial charge < -0.3 is 0 Å². The fourth-order valence-corrected chi connectivity index (χ4v) is 1.61. The first-order valence-electron chi connectivity index (χ1n) is 5.63. The maximum Gasteiger partial charge on any atom is 0.501 e. The predicted octanol–water partition coefficient (Wildman–Crippen LogP) is 4.34. The fourth-order valence-electron chi connectivity index (χ4n) is 0.851. The quantitative estimate of drug-likeness (QED) is 0.768. The van der Waals surface area contributed by atoms with Crippen molar-refractivity contribution in [2.24, 2.45) is 0 Å². The Morgan fingerprint density at radius 3 is 1.50 bits per heavy atom. The molecule has 0 fully saturated rings. The topological polar surface area (TPSA) is 34.1 Å². The van der Waals surface area contributed by atoms with Gasteiger partial charge in [0.1, 0.15) is 0 Å². The van der Waals surface area contributed by atoms with Crippen molar-refractivity contribution in [3.8, 4) is 0 Å². The average Bonchev–Trinajstić information content (AvgIpc) is 2.33. The summed E-state index contributed by atoms with van der Waals surface area (Å²) >= 11 is 0. The highest BCUT2D eigenvalue weighted by atomic mass is 32.2. The Bertz CT molecular complexity index is 420. The maximum atomic E-state index is 12.0. The number of benzene rings is 1. The molecule has 0 unspecified atom stereocenters. The third-order valence-corrected chi connectivity index (χ3v) is 3.14. The van der Waals surface area contributed by atoms with Gasteiger partial charge >= 0.3 is 5.51 Å². The van der Waals surface area contributed by atoms with Gasteiger partial charge in [-0.2, -0.15) is 13.2 Å². The Labute approximate surface area is 107 Å². The molecule has 0 bridgehead atoms. The van der Waals surface area contributed by atoms with Crippen LogP contribution in [-0.4, -0.2) is 13.9 Å². The average molecular weight is 284 g/mol. The van der Waals surface area contributed by atoms with Crippen molar-refractivity contribution in [3.63, 3.8) is 0 Å². The lowest BCUT2D eigenvalue weighted by molar-refractivity contribution is -0.0436. The summed E-state index contributed by atoms with van der Waals surface area (Å²) in [6.45, 7) is 9.66. The zero-order valence-corrected chi connectivity index (χ0v) is 12.0. The van der Waals surface area contributed by atoms with Crippen molar-refractivity contribution in [3.05, 3.63) is 29.8 Å². The number of hydrogen-bond donors (Lipinski definition) is 0. The molecule has 0 aliphatic rings. The number of sulfone groups is 1. The van der Waals surface area contributed by atoms with Gasteiger partial charge in [-0.15, -0.1) is 0 Å². The molecule has 0 spiro atoms. The number of alkyl halides is 3. The first-order valence-corrected chi connectivity index (χ1v) is 7.11. The molecule has 0 aliphatic carbocycles. The standard InChI is InChI=1S/C8H7F3O2S.2C2H6/c1-6-2-4-7(5-3-6)14(12,13)8(9,10)11;2*1-2/h2-5H,1H3;2*1-2H3. The summed E-state index contributed by atoms with van der Waals surface area (Å²) in [5.74, 6) is 0. The van der Waals surface area contributed by atoms with Gasteiger partial charge in [-0.3, -0.25) is 0 Å². The van der Waals surface area contributed by atoms with Crippen LogP contribution in [0.15, 0.2) is 29.2 Å². The van der Waals surface area contributed by atoms with Crippen LogP contribution in [0.1, 0.15) is 33.3 Å². The van der Waals surface area contributed by atoms with Crippen LogP contribution in [0.25, 0.3) is 0 Å². The Balaban J connectivity index is 0. The van der Waals surface area contributed by atoms with Gasteiger partial charge in [0, 0.05) is 0 Å². The van der Waals surface area contributed by atoms with Crippen LogP contribution in [0.5, 0.6) is 0 Å². The molecular weight excluding hydrogens is 265 g/mol. The van der Waals surface area contributed by atoms with E-state index in [1.807, 2.05) is 27.7 Å². The first-order chi connectivity index (χ1) is 8.25. The van der Waals surface area contributed by atoms with Gasteiger partial charge in [0.25, 0.3) is 9.84 Å². The molecule has 1 aromatic rings. The van der Waals surface area contributed by atoms with Crippen LogP contribution in [0, 0.1) is 6.92 Å². The van der Waals surface area contributed by atoms with Crippen molar-refractivity contribution in [1.29, 1.82) is 0 Å². The van der Waals surface area contributed by atoms with Gasteiger partial charge in [-0.25, -0.2) is 8.42 Å². The van der Waals surface area contributed by atoms with Gasteiger partial charge in [0.15, 0.2) is 0 Å². The normalized spacial score (nSPS) is 10.7. The van der Waals surface area contributed by atoms with E-state index < -0.39 is 20.2 Å². The molecule has 0 saturated heterocycles. The number of aryl methyl sites for hydroxylation is 1. The Hall–Kier alpha value is -1.04. The van der Waals surface area contributed by atoms with Crippen molar-refractivity contribution < 1.29 is 21.6 Å². The molecule has 0 heterocycles. The van der Waals surface area contributed by atoms with Crippen LogP contribution in [-0.2, 0) is 9.84 Å². The summed E-state index contributed by atoms with van der Waals surface area (Å²) < 4.78 is 57.8. The summed E-state index contributed by atoms with van der Waals surface area (Å²) in [4.78, 5) is -0.726. The second kappa shape index (κ2) is 8.13. The molecule has 1 aromatic carbocycles. The van der Waals surface area contributed by atoms with Gasteiger partial charge in [-0.05, 0) is 19.1 Å². The van der Waals surface area contributed by atoms with E-state index in [0.29, 0.717) is 5.56 Å². The van der Waals surface area contributed by atoms with Crippen molar-refractivity contribution >= 4 is 9.84 Å². The number of rotatable bonds is 1. The molecule has 1 rings (SSSR count). The third-order valence-electron chi connectivity index (χ3n) is 1.64. The van der Waals surface area contributed by atoms with E-state index in [0.717, 1.165) is 12.1 Å². The van der Waals surface area contributed by atoms with Gasteiger partial charge in [0.05, 0.1) is 4.90 Å². The van der Waals surface area contributed by atoms with Crippen molar-refractivity contribution in [2.45, 2.75) is 45.0 Å². The van der Waals surface area contributed by atoms with E-state index in [-0.39, 0.29) is 0 Å². The molecule has 2 nitrogen and oxygen atoms in total. The van der Waals surface area contributed by atoms with E-state index in [4.69, 9.17) is 0 Å². The fraction of sp³-hybridized carbons (Fsp3) is 0.500. The van der Waals surface area contributed by atoms with Crippen LogP contribution in [0.2, 0.25) is 0 Å². The van der Waals surface area contributed by atoms with Crippen molar-refractivity contribution in [2.75, 3.05) is 0 Å². The second-order valence-corrected chi connectivity index (χ2v) is 4.70. The summed E-state index contributed by atoms with van der Waals surface area (Å²) in [6, 6.07) is 4.52. The predicted molar refractivity (Wildman–Crippen MR) is 67.1 cm³/mol. The highest BCUT2D eigenvalue weighted by molar-refractivity contribution is 7.92. The Morgan fingerprint density at radius 2 is 1.22 bits per heavy atom. The lowest BCUT2D eigenvalue weighted by atomic mass is 10.2. The Morgan fingerprint density at radius 1 is 0.889 bits per heavy atom. The van der Waals surface area contributed by atoms with Crippen molar-refractivity contribution in [1.82, 2.24) is 0 Å².